The molecular weight excluding hydrogens is 304 g/mol. The molecule has 0 aliphatic carbocycles. The van der Waals surface area contributed by atoms with Gasteiger partial charge in [-0.15, -0.1) is 0 Å². The highest BCUT2D eigenvalue weighted by molar-refractivity contribution is 5.92. The Balaban J connectivity index is 1.99. The molecular formula is C19H30N2O3. The quantitative estimate of drug-likeness (QED) is 0.764. The molecule has 1 aromatic carbocycles. The largest absolute Gasteiger partial charge is 0.494 e. The normalized spacial score (nSPS) is 16.5. The summed E-state index contributed by atoms with van der Waals surface area (Å²) in [6.45, 7) is 9.31. The molecule has 1 aliphatic heterocycles. The van der Waals surface area contributed by atoms with Crippen LogP contribution in [0.3, 0.4) is 0 Å². The first-order chi connectivity index (χ1) is 11.6. The third kappa shape index (κ3) is 5.41. The van der Waals surface area contributed by atoms with Gasteiger partial charge >= 0.3 is 0 Å². The van der Waals surface area contributed by atoms with Crippen LogP contribution in [-0.2, 0) is 4.79 Å². The van der Waals surface area contributed by atoms with Crippen LogP contribution in [0.2, 0.25) is 0 Å². The van der Waals surface area contributed by atoms with E-state index in [4.69, 9.17) is 9.47 Å². The summed E-state index contributed by atoms with van der Waals surface area (Å²) in [6.07, 6.45) is 2.84. The van der Waals surface area contributed by atoms with Crippen molar-refractivity contribution in [2.75, 3.05) is 31.6 Å². The Morgan fingerprint density at radius 1 is 1.25 bits per heavy atom. The second-order valence-corrected chi connectivity index (χ2v) is 6.34. The van der Waals surface area contributed by atoms with Gasteiger partial charge in [0, 0.05) is 12.5 Å². The molecule has 0 bridgehead atoms. The molecule has 0 radical (unpaired) electrons. The van der Waals surface area contributed by atoms with Crippen LogP contribution in [0.5, 0.6) is 11.5 Å². The van der Waals surface area contributed by atoms with Crippen LogP contribution in [0.25, 0.3) is 0 Å². The van der Waals surface area contributed by atoms with Crippen molar-refractivity contribution in [1.29, 1.82) is 0 Å². The summed E-state index contributed by atoms with van der Waals surface area (Å²) in [5, 5.41) is 6.38. The average molecular weight is 334 g/mol. The fourth-order valence-corrected chi connectivity index (χ4v) is 3.22. The molecule has 2 N–H and O–H groups in total. The van der Waals surface area contributed by atoms with Crippen LogP contribution < -0.4 is 20.1 Å². The molecule has 1 fully saturated rings. The highest BCUT2D eigenvalue weighted by atomic mass is 16.5. The summed E-state index contributed by atoms with van der Waals surface area (Å²) < 4.78 is 11.1. The molecule has 1 aromatic rings. The van der Waals surface area contributed by atoms with Crippen LogP contribution in [0.4, 0.5) is 5.69 Å². The Morgan fingerprint density at radius 2 is 1.96 bits per heavy atom. The van der Waals surface area contributed by atoms with Gasteiger partial charge in [-0.25, -0.2) is 0 Å². The number of carbonyl (C=O) groups excluding carboxylic acids is 1. The van der Waals surface area contributed by atoms with Crippen molar-refractivity contribution in [3.8, 4) is 11.5 Å². The zero-order chi connectivity index (χ0) is 17.4. The number of carbonyl (C=O) groups is 1. The van der Waals surface area contributed by atoms with E-state index in [2.05, 4.69) is 17.6 Å². The molecule has 2 rings (SSSR count). The molecule has 5 nitrogen and oxygen atoms in total. The van der Waals surface area contributed by atoms with Gasteiger partial charge in [0.1, 0.15) is 11.5 Å². The minimum atomic E-state index is 0.0376. The summed E-state index contributed by atoms with van der Waals surface area (Å²) >= 11 is 0. The zero-order valence-corrected chi connectivity index (χ0v) is 15.1. The second-order valence-electron chi connectivity index (χ2n) is 6.34. The zero-order valence-electron chi connectivity index (χ0n) is 15.1. The van der Waals surface area contributed by atoms with Gasteiger partial charge in [-0.2, -0.15) is 0 Å². The standard InChI is InChI=1S/C19H30N2O3/c1-4-23-16-6-7-18(24-5-2)17(13-16)21-19(22)12-14(3)15-8-10-20-11-9-15/h6-7,13-15,20H,4-5,8-12H2,1-3H3,(H,21,22). The van der Waals surface area contributed by atoms with Crippen LogP contribution in [0.1, 0.15) is 40.0 Å². The summed E-state index contributed by atoms with van der Waals surface area (Å²) in [7, 11) is 0. The lowest BCUT2D eigenvalue weighted by Crippen LogP contribution is -2.32. The van der Waals surface area contributed by atoms with E-state index in [9.17, 15) is 4.79 Å². The molecule has 1 unspecified atom stereocenters. The number of hydrogen-bond donors (Lipinski definition) is 2. The molecule has 1 saturated heterocycles. The van der Waals surface area contributed by atoms with Gasteiger partial charge in [0.05, 0.1) is 18.9 Å². The van der Waals surface area contributed by atoms with E-state index in [0.717, 1.165) is 31.7 Å². The van der Waals surface area contributed by atoms with Crippen molar-refractivity contribution in [2.45, 2.75) is 40.0 Å². The fraction of sp³-hybridized carbons (Fsp3) is 0.632. The van der Waals surface area contributed by atoms with Crippen molar-refractivity contribution in [1.82, 2.24) is 5.32 Å². The Kier molecular flexibility index (Phi) is 7.37. The van der Waals surface area contributed by atoms with E-state index >= 15 is 0 Å². The number of nitrogens with one attached hydrogen (secondary N) is 2. The van der Waals surface area contributed by atoms with Gasteiger partial charge in [-0.05, 0) is 63.7 Å². The Labute approximate surface area is 145 Å². The Morgan fingerprint density at radius 3 is 2.62 bits per heavy atom. The van der Waals surface area contributed by atoms with Gasteiger partial charge in [0.25, 0.3) is 0 Å². The van der Waals surface area contributed by atoms with Crippen molar-refractivity contribution in [2.24, 2.45) is 11.8 Å². The van der Waals surface area contributed by atoms with Crippen molar-refractivity contribution >= 4 is 11.6 Å². The third-order valence-corrected chi connectivity index (χ3v) is 4.53. The summed E-state index contributed by atoms with van der Waals surface area (Å²) in [6, 6.07) is 5.55. The monoisotopic (exact) mass is 334 g/mol. The molecule has 0 aromatic heterocycles. The minimum absolute atomic E-state index is 0.0376. The van der Waals surface area contributed by atoms with E-state index in [0.29, 0.717) is 42.9 Å². The smallest absolute Gasteiger partial charge is 0.224 e. The molecule has 1 aliphatic rings. The summed E-state index contributed by atoms with van der Waals surface area (Å²) in [5.41, 5.74) is 0.685. The first kappa shape index (κ1) is 18.6. The average Bonchev–Trinajstić information content (AvgIpc) is 2.58. The lowest BCUT2D eigenvalue weighted by Gasteiger charge is -2.28. The lowest BCUT2D eigenvalue weighted by atomic mass is 9.84. The van der Waals surface area contributed by atoms with E-state index in [1.807, 2.05) is 32.0 Å². The third-order valence-electron chi connectivity index (χ3n) is 4.53. The molecule has 0 spiro atoms. The van der Waals surface area contributed by atoms with Crippen LogP contribution in [0, 0.1) is 11.8 Å². The van der Waals surface area contributed by atoms with Gasteiger partial charge in [0.2, 0.25) is 5.91 Å². The predicted octanol–water partition coefficient (Wildman–Crippen LogP) is 3.45. The molecule has 24 heavy (non-hydrogen) atoms. The number of piperidine rings is 1. The van der Waals surface area contributed by atoms with Crippen molar-refractivity contribution < 1.29 is 14.3 Å². The number of anilines is 1. The number of rotatable bonds is 8. The molecule has 1 atom stereocenters. The lowest BCUT2D eigenvalue weighted by molar-refractivity contribution is -0.117. The van der Waals surface area contributed by atoms with Crippen molar-refractivity contribution in [3.63, 3.8) is 0 Å². The predicted molar refractivity (Wildman–Crippen MR) is 96.8 cm³/mol. The molecule has 1 amide bonds. The number of benzene rings is 1. The van der Waals surface area contributed by atoms with Crippen LogP contribution in [-0.4, -0.2) is 32.2 Å². The first-order valence-corrected chi connectivity index (χ1v) is 9.04. The first-order valence-electron chi connectivity index (χ1n) is 9.04. The highest BCUT2D eigenvalue weighted by Gasteiger charge is 2.22. The summed E-state index contributed by atoms with van der Waals surface area (Å²) in [5.74, 6) is 2.47. The van der Waals surface area contributed by atoms with E-state index in [-0.39, 0.29) is 5.91 Å². The highest BCUT2D eigenvalue weighted by Crippen LogP contribution is 2.30. The van der Waals surface area contributed by atoms with E-state index < -0.39 is 0 Å². The maximum Gasteiger partial charge on any atom is 0.224 e. The Bertz CT molecular complexity index is 527. The van der Waals surface area contributed by atoms with Crippen LogP contribution in [0.15, 0.2) is 18.2 Å². The second kappa shape index (κ2) is 9.52. The molecule has 134 valence electrons. The molecule has 5 heteroatoms. The van der Waals surface area contributed by atoms with Gasteiger partial charge in [0.15, 0.2) is 0 Å². The van der Waals surface area contributed by atoms with E-state index in [1.54, 1.807) is 0 Å². The SMILES string of the molecule is CCOc1ccc(OCC)c(NC(=O)CC(C)C2CCNCC2)c1. The van der Waals surface area contributed by atoms with Gasteiger partial charge in [-0.3, -0.25) is 4.79 Å². The Hall–Kier alpha value is -1.75. The topological polar surface area (TPSA) is 59.6 Å². The maximum atomic E-state index is 12.5. The number of amides is 1. The van der Waals surface area contributed by atoms with Crippen molar-refractivity contribution in [3.05, 3.63) is 18.2 Å². The number of hydrogen-bond acceptors (Lipinski definition) is 4. The minimum Gasteiger partial charge on any atom is -0.494 e. The molecule has 0 saturated carbocycles. The molecule has 1 heterocycles. The van der Waals surface area contributed by atoms with Crippen LogP contribution >= 0.6 is 0 Å². The van der Waals surface area contributed by atoms with E-state index in [1.165, 1.54) is 0 Å². The number of ether oxygens (including phenoxy) is 2. The maximum absolute atomic E-state index is 12.5. The van der Waals surface area contributed by atoms with Gasteiger partial charge in [-0.1, -0.05) is 6.92 Å². The fourth-order valence-electron chi connectivity index (χ4n) is 3.22. The summed E-state index contributed by atoms with van der Waals surface area (Å²) in [4.78, 5) is 12.5. The van der Waals surface area contributed by atoms with Gasteiger partial charge < -0.3 is 20.1 Å².